The van der Waals surface area contributed by atoms with Gasteiger partial charge in [-0.15, -0.1) is 23.1 Å². The molecule has 1 fully saturated rings. The van der Waals surface area contributed by atoms with Crippen LogP contribution in [0, 0.1) is 20.8 Å². The van der Waals surface area contributed by atoms with Crippen molar-refractivity contribution in [2.75, 3.05) is 17.2 Å². The Balaban J connectivity index is 1.62. The molecule has 38 heavy (non-hydrogen) atoms. The van der Waals surface area contributed by atoms with Crippen LogP contribution in [0.3, 0.4) is 0 Å². The zero-order chi connectivity index (χ0) is 26.4. The topological polar surface area (TPSA) is 67.2 Å². The number of carbonyl (C=O) groups is 2. The second-order valence-corrected chi connectivity index (χ2v) is 12.2. The minimum atomic E-state index is -0.128. The van der Waals surface area contributed by atoms with E-state index in [0.717, 1.165) is 46.5 Å². The maximum absolute atomic E-state index is 13.8. The summed E-state index contributed by atoms with van der Waals surface area (Å²) in [7, 11) is 0. The highest BCUT2D eigenvalue weighted by Gasteiger charge is 2.39. The molecule has 1 saturated carbocycles. The van der Waals surface area contributed by atoms with Gasteiger partial charge >= 0.3 is 0 Å². The molecule has 0 unspecified atom stereocenters. The van der Waals surface area contributed by atoms with E-state index in [9.17, 15) is 9.59 Å². The standard InChI is InChI=1S/C30H30N4O2S2/c1-18-9-12-23(20(3)15-18)34-30-26(27(32-34)21-7-5-4-6-8-21)29(28-19(2)13-14-37-28)38-17-25(36)33(30)16-24(35)31-22-10-11-22/h4-9,12-15,22,29H,10-11,16-17H2,1-3H3,(H,31,35)/t29-/m0/s1. The number of anilines is 1. The van der Waals surface area contributed by atoms with Crippen LogP contribution in [0.15, 0.2) is 60.0 Å². The molecule has 6 nitrogen and oxygen atoms in total. The number of aryl methyl sites for hydroxylation is 3. The van der Waals surface area contributed by atoms with Crippen molar-refractivity contribution in [1.29, 1.82) is 0 Å². The molecule has 3 heterocycles. The van der Waals surface area contributed by atoms with Crippen LogP contribution in [-0.4, -0.2) is 39.9 Å². The van der Waals surface area contributed by atoms with Crippen LogP contribution in [0.4, 0.5) is 5.82 Å². The highest BCUT2D eigenvalue weighted by molar-refractivity contribution is 8.00. The van der Waals surface area contributed by atoms with E-state index in [2.05, 4.69) is 67.9 Å². The van der Waals surface area contributed by atoms with Crippen LogP contribution < -0.4 is 10.2 Å². The van der Waals surface area contributed by atoms with E-state index in [1.165, 1.54) is 10.4 Å². The Kier molecular flexibility index (Phi) is 6.61. The minimum Gasteiger partial charge on any atom is -0.352 e. The van der Waals surface area contributed by atoms with Gasteiger partial charge < -0.3 is 5.32 Å². The lowest BCUT2D eigenvalue weighted by atomic mass is 10.0. The number of amides is 2. The van der Waals surface area contributed by atoms with Gasteiger partial charge in [0.25, 0.3) is 0 Å². The van der Waals surface area contributed by atoms with Crippen molar-refractivity contribution >= 4 is 40.7 Å². The molecule has 2 aliphatic rings. The SMILES string of the molecule is Cc1ccc(-n2nc(-c3ccccc3)c3c2N(CC(=O)NC2CC2)C(=O)CS[C@@H]3c2sccc2C)c(C)c1. The van der Waals surface area contributed by atoms with E-state index in [-0.39, 0.29) is 35.4 Å². The summed E-state index contributed by atoms with van der Waals surface area (Å²) in [4.78, 5) is 29.7. The Morgan fingerprint density at radius 2 is 1.84 bits per heavy atom. The summed E-state index contributed by atoms with van der Waals surface area (Å²) in [5, 5.41) is 10.3. The summed E-state index contributed by atoms with van der Waals surface area (Å²) in [6, 6.07) is 18.8. The third kappa shape index (κ3) is 4.67. The Morgan fingerprint density at radius 3 is 2.53 bits per heavy atom. The number of rotatable bonds is 6. The first-order valence-corrected chi connectivity index (χ1v) is 14.8. The summed E-state index contributed by atoms with van der Waals surface area (Å²) in [6.45, 7) is 6.23. The first kappa shape index (κ1) is 24.9. The van der Waals surface area contributed by atoms with E-state index in [1.807, 2.05) is 22.9 Å². The number of carbonyl (C=O) groups excluding carboxylic acids is 2. The molecule has 0 spiro atoms. The van der Waals surface area contributed by atoms with Gasteiger partial charge in [0.1, 0.15) is 12.4 Å². The van der Waals surface area contributed by atoms with Crippen molar-refractivity contribution < 1.29 is 9.59 Å². The van der Waals surface area contributed by atoms with Crippen LogP contribution >= 0.6 is 23.1 Å². The van der Waals surface area contributed by atoms with Crippen LogP contribution in [-0.2, 0) is 9.59 Å². The second-order valence-electron chi connectivity index (χ2n) is 10.1. The fourth-order valence-corrected chi connectivity index (χ4v) is 7.52. The molecule has 2 aromatic carbocycles. The average molecular weight is 543 g/mol. The second kappa shape index (κ2) is 10.1. The summed E-state index contributed by atoms with van der Waals surface area (Å²) in [5.74, 6) is 0.769. The number of benzene rings is 2. The smallest absolute Gasteiger partial charge is 0.240 e. The van der Waals surface area contributed by atoms with E-state index < -0.39 is 0 Å². The average Bonchev–Trinajstić information content (AvgIpc) is 3.51. The minimum absolute atomic E-state index is 0.0239. The first-order valence-electron chi connectivity index (χ1n) is 12.9. The molecular weight excluding hydrogens is 512 g/mol. The Labute approximate surface area is 231 Å². The monoisotopic (exact) mass is 542 g/mol. The van der Waals surface area contributed by atoms with Gasteiger partial charge in [0.15, 0.2) is 0 Å². The lowest BCUT2D eigenvalue weighted by molar-refractivity contribution is -0.123. The van der Waals surface area contributed by atoms with E-state index in [4.69, 9.17) is 5.10 Å². The maximum Gasteiger partial charge on any atom is 0.240 e. The molecule has 2 amide bonds. The number of fused-ring (bicyclic) bond motifs is 1. The van der Waals surface area contributed by atoms with Crippen molar-refractivity contribution in [1.82, 2.24) is 15.1 Å². The summed E-state index contributed by atoms with van der Waals surface area (Å²) < 4.78 is 1.90. The molecule has 0 bridgehead atoms. The van der Waals surface area contributed by atoms with Crippen LogP contribution in [0.5, 0.6) is 0 Å². The molecule has 8 heteroatoms. The first-order chi connectivity index (χ1) is 18.4. The van der Waals surface area contributed by atoms with Gasteiger partial charge in [-0.3, -0.25) is 14.5 Å². The quantitative estimate of drug-likeness (QED) is 0.326. The highest BCUT2D eigenvalue weighted by Crippen LogP contribution is 2.50. The van der Waals surface area contributed by atoms with Gasteiger partial charge in [0, 0.05) is 22.0 Å². The lowest BCUT2D eigenvalue weighted by Crippen LogP contribution is -2.43. The van der Waals surface area contributed by atoms with Gasteiger partial charge in [-0.05, 0) is 62.3 Å². The predicted molar refractivity (Wildman–Crippen MR) is 155 cm³/mol. The normalized spacial score (nSPS) is 17.3. The van der Waals surface area contributed by atoms with Crippen LogP contribution in [0.2, 0.25) is 0 Å². The fraction of sp³-hybridized carbons (Fsp3) is 0.300. The third-order valence-corrected chi connectivity index (χ3v) is 9.55. The van der Waals surface area contributed by atoms with E-state index in [1.54, 1.807) is 28.0 Å². The fourth-order valence-electron chi connectivity index (χ4n) is 5.04. The number of thioether (sulfide) groups is 1. The molecule has 1 atom stereocenters. The molecule has 194 valence electrons. The van der Waals surface area contributed by atoms with Crippen molar-refractivity contribution in [2.45, 2.75) is 44.9 Å². The molecular formula is C30H30N4O2S2. The highest BCUT2D eigenvalue weighted by atomic mass is 32.2. The third-order valence-electron chi connectivity index (χ3n) is 7.10. The van der Waals surface area contributed by atoms with Gasteiger partial charge in [-0.25, -0.2) is 4.68 Å². The largest absolute Gasteiger partial charge is 0.352 e. The summed E-state index contributed by atoms with van der Waals surface area (Å²) in [5.41, 5.74) is 7.14. The van der Waals surface area contributed by atoms with E-state index in [0.29, 0.717) is 5.82 Å². The molecule has 1 N–H and O–H groups in total. The van der Waals surface area contributed by atoms with Gasteiger partial charge in [-0.2, -0.15) is 5.10 Å². The number of thiophene rings is 1. The van der Waals surface area contributed by atoms with Crippen molar-refractivity contribution in [3.8, 4) is 16.9 Å². The zero-order valence-corrected chi connectivity index (χ0v) is 23.4. The van der Waals surface area contributed by atoms with Gasteiger partial charge in [0.2, 0.25) is 11.8 Å². The molecule has 0 radical (unpaired) electrons. The van der Waals surface area contributed by atoms with Gasteiger partial charge in [0.05, 0.1) is 22.4 Å². The molecule has 2 aromatic heterocycles. The van der Waals surface area contributed by atoms with Crippen molar-refractivity contribution in [3.63, 3.8) is 0 Å². The maximum atomic E-state index is 13.8. The Bertz CT molecular complexity index is 1520. The Hall–Kier alpha value is -3.36. The van der Waals surface area contributed by atoms with Crippen LogP contribution in [0.1, 0.15) is 45.2 Å². The van der Waals surface area contributed by atoms with Crippen molar-refractivity contribution in [3.05, 3.63) is 87.1 Å². The number of hydrogen-bond acceptors (Lipinski definition) is 5. The number of nitrogens with one attached hydrogen (secondary N) is 1. The molecule has 1 aliphatic heterocycles. The lowest BCUT2D eigenvalue weighted by Gasteiger charge is -2.23. The molecule has 0 saturated heterocycles. The Morgan fingerprint density at radius 1 is 1.05 bits per heavy atom. The number of hydrogen-bond donors (Lipinski definition) is 1. The zero-order valence-electron chi connectivity index (χ0n) is 21.7. The van der Waals surface area contributed by atoms with Gasteiger partial charge in [-0.1, -0.05) is 48.0 Å². The number of aromatic nitrogens is 2. The number of nitrogens with zero attached hydrogens (tertiary/aromatic N) is 3. The van der Waals surface area contributed by atoms with Crippen molar-refractivity contribution in [2.24, 2.45) is 0 Å². The predicted octanol–water partition coefficient (Wildman–Crippen LogP) is 5.97. The van der Waals surface area contributed by atoms with E-state index >= 15 is 0 Å². The van der Waals surface area contributed by atoms with Crippen LogP contribution in [0.25, 0.3) is 16.9 Å². The summed E-state index contributed by atoms with van der Waals surface area (Å²) >= 11 is 3.33. The summed E-state index contributed by atoms with van der Waals surface area (Å²) in [6.07, 6.45) is 2.00. The molecule has 4 aromatic rings. The molecule has 1 aliphatic carbocycles. The molecule has 6 rings (SSSR count).